The van der Waals surface area contributed by atoms with Crippen LogP contribution in [-0.4, -0.2) is 31.1 Å². The molecule has 0 saturated heterocycles. The average molecular weight is 414 g/mol. The Labute approximate surface area is 164 Å². The zero-order valence-electron chi connectivity index (χ0n) is 13.6. The minimum absolute atomic E-state index is 0.0758. The van der Waals surface area contributed by atoms with Gasteiger partial charge in [-0.1, -0.05) is 34.8 Å². The maximum Gasteiger partial charge on any atom is 0.291 e. The highest BCUT2D eigenvalue weighted by molar-refractivity contribution is 6.41. The van der Waals surface area contributed by atoms with Crippen molar-refractivity contribution in [1.82, 2.24) is 24.5 Å². The number of aromatic nitrogens is 5. The summed E-state index contributed by atoms with van der Waals surface area (Å²) in [6.07, 6.45) is 6.67. The predicted octanol–water partition coefficient (Wildman–Crippen LogP) is 3.68. The summed E-state index contributed by atoms with van der Waals surface area (Å²) in [6.45, 7) is 1.64. The summed E-state index contributed by atoms with van der Waals surface area (Å²) in [5.41, 5.74) is 0.800. The Bertz CT molecular complexity index is 942. The molecule has 0 aliphatic carbocycles. The molecule has 0 amide bonds. The van der Waals surface area contributed by atoms with Gasteiger partial charge >= 0.3 is 0 Å². The fraction of sp³-hybridized carbons (Fsp3) is 0.250. The summed E-state index contributed by atoms with van der Waals surface area (Å²) in [6, 6.07) is 5.19. The molecule has 0 aliphatic rings. The van der Waals surface area contributed by atoms with E-state index >= 15 is 0 Å². The molecule has 1 aromatic carbocycles. The number of unbranched alkanes of at least 4 members (excludes halogenated alkanes) is 1. The Morgan fingerprint density at radius 2 is 1.81 bits per heavy atom. The highest BCUT2D eigenvalue weighted by Gasteiger charge is 2.10. The molecule has 0 radical (unpaired) electrons. The summed E-state index contributed by atoms with van der Waals surface area (Å²) < 4.78 is 3.09. The first-order chi connectivity index (χ1) is 12.6. The van der Waals surface area contributed by atoms with Crippen LogP contribution in [0.4, 0.5) is 5.69 Å². The number of hydrogen-bond acceptors (Lipinski definition) is 5. The van der Waals surface area contributed by atoms with Crippen molar-refractivity contribution in [2.24, 2.45) is 0 Å². The van der Waals surface area contributed by atoms with Crippen molar-refractivity contribution < 1.29 is 0 Å². The number of aryl methyl sites for hydroxylation is 1. The summed E-state index contributed by atoms with van der Waals surface area (Å²) in [4.78, 5) is 12.1. The largest absolute Gasteiger partial charge is 0.384 e. The van der Waals surface area contributed by atoms with Crippen LogP contribution >= 0.6 is 34.8 Å². The van der Waals surface area contributed by atoms with E-state index in [9.17, 15) is 4.79 Å². The normalized spacial score (nSPS) is 10.9. The highest BCUT2D eigenvalue weighted by Crippen LogP contribution is 2.25. The SMILES string of the molecule is O=c1c(Cl)c(Cl)cnn1-c1ccc(NCCCCn2cnnc2)c(Cl)c1. The highest BCUT2D eigenvalue weighted by atomic mass is 35.5. The summed E-state index contributed by atoms with van der Waals surface area (Å²) >= 11 is 18.0. The van der Waals surface area contributed by atoms with Gasteiger partial charge in [0.25, 0.3) is 5.56 Å². The maximum absolute atomic E-state index is 12.1. The number of anilines is 1. The van der Waals surface area contributed by atoms with Crippen LogP contribution in [0.25, 0.3) is 5.69 Å². The second kappa shape index (κ2) is 8.53. The Morgan fingerprint density at radius 3 is 2.54 bits per heavy atom. The standard InChI is InChI=1S/C16H15Cl3N6O/c17-12-7-11(25-16(26)15(19)13(18)8-23-25)3-4-14(12)20-5-1-2-6-24-9-21-22-10-24/h3-4,7-10,20H,1-2,5-6H2. The molecule has 3 aromatic rings. The molecule has 2 aromatic heterocycles. The van der Waals surface area contributed by atoms with Crippen molar-refractivity contribution in [3.8, 4) is 5.69 Å². The van der Waals surface area contributed by atoms with E-state index in [1.807, 2.05) is 4.57 Å². The first-order valence-electron chi connectivity index (χ1n) is 7.86. The molecular formula is C16H15Cl3N6O. The molecule has 1 N–H and O–H groups in total. The van der Waals surface area contributed by atoms with Gasteiger partial charge in [-0.15, -0.1) is 10.2 Å². The van der Waals surface area contributed by atoms with E-state index in [1.165, 1.54) is 6.20 Å². The van der Waals surface area contributed by atoms with Gasteiger partial charge in [-0.25, -0.2) is 0 Å². The van der Waals surface area contributed by atoms with E-state index in [-0.39, 0.29) is 10.0 Å². The van der Waals surface area contributed by atoms with E-state index in [0.29, 0.717) is 10.7 Å². The number of halogens is 3. The van der Waals surface area contributed by atoms with Crippen molar-refractivity contribution in [2.75, 3.05) is 11.9 Å². The van der Waals surface area contributed by atoms with Gasteiger partial charge in [0.2, 0.25) is 0 Å². The molecule has 0 fully saturated rings. The lowest BCUT2D eigenvalue weighted by Crippen LogP contribution is -2.21. The van der Waals surface area contributed by atoms with Crippen LogP contribution < -0.4 is 10.9 Å². The summed E-state index contributed by atoms with van der Waals surface area (Å²) in [5.74, 6) is 0. The third-order valence-corrected chi connectivity index (χ3v) is 4.76. The molecule has 0 saturated carbocycles. The number of benzene rings is 1. The monoisotopic (exact) mass is 412 g/mol. The van der Waals surface area contributed by atoms with Gasteiger partial charge in [0.1, 0.15) is 17.7 Å². The van der Waals surface area contributed by atoms with Gasteiger partial charge in [0.15, 0.2) is 0 Å². The van der Waals surface area contributed by atoms with Crippen molar-refractivity contribution in [1.29, 1.82) is 0 Å². The molecule has 0 aliphatic heterocycles. The molecule has 0 spiro atoms. The van der Waals surface area contributed by atoms with E-state index in [4.69, 9.17) is 34.8 Å². The van der Waals surface area contributed by atoms with E-state index in [1.54, 1.807) is 30.9 Å². The van der Waals surface area contributed by atoms with E-state index < -0.39 is 5.56 Å². The van der Waals surface area contributed by atoms with E-state index in [0.717, 1.165) is 36.3 Å². The van der Waals surface area contributed by atoms with Crippen molar-refractivity contribution in [3.63, 3.8) is 0 Å². The Kier molecular flexibility index (Phi) is 6.13. The first-order valence-corrected chi connectivity index (χ1v) is 8.99. The van der Waals surface area contributed by atoms with Crippen LogP contribution in [0.2, 0.25) is 15.1 Å². The van der Waals surface area contributed by atoms with Crippen molar-refractivity contribution in [2.45, 2.75) is 19.4 Å². The molecule has 0 atom stereocenters. The van der Waals surface area contributed by atoms with Crippen LogP contribution in [0.5, 0.6) is 0 Å². The van der Waals surface area contributed by atoms with Gasteiger partial charge in [-0.3, -0.25) is 4.79 Å². The van der Waals surface area contributed by atoms with Crippen LogP contribution in [0.15, 0.2) is 41.8 Å². The van der Waals surface area contributed by atoms with Crippen molar-refractivity contribution in [3.05, 3.63) is 62.5 Å². The fourth-order valence-corrected chi connectivity index (χ4v) is 2.85. The van der Waals surface area contributed by atoms with Crippen LogP contribution in [-0.2, 0) is 6.54 Å². The zero-order chi connectivity index (χ0) is 18.5. The zero-order valence-corrected chi connectivity index (χ0v) is 15.8. The third kappa shape index (κ3) is 4.35. The average Bonchev–Trinajstić information content (AvgIpc) is 3.14. The quantitative estimate of drug-likeness (QED) is 0.598. The number of nitrogens with zero attached hydrogens (tertiary/aromatic N) is 5. The second-order valence-electron chi connectivity index (χ2n) is 5.52. The molecule has 10 heteroatoms. The molecule has 7 nitrogen and oxygen atoms in total. The van der Waals surface area contributed by atoms with Crippen LogP contribution in [0.1, 0.15) is 12.8 Å². The molecule has 136 valence electrons. The van der Waals surface area contributed by atoms with Gasteiger partial charge in [-0.05, 0) is 31.0 Å². The molecule has 0 unspecified atom stereocenters. The molecule has 2 heterocycles. The lowest BCUT2D eigenvalue weighted by atomic mass is 10.2. The van der Waals surface area contributed by atoms with Crippen LogP contribution in [0, 0.1) is 0 Å². The van der Waals surface area contributed by atoms with Gasteiger partial charge in [-0.2, -0.15) is 9.78 Å². The maximum atomic E-state index is 12.1. The Balaban J connectivity index is 1.61. The van der Waals surface area contributed by atoms with Gasteiger partial charge in [0, 0.05) is 13.1 Å². The Morgan fingerprint density at radius 1 is 1.04 bits per heavy atom. The number of hydrogen-bond donors (Lipinski definition) is 1. The number of rotatable bonds is 7. The summed E-state index contributed by atoms with van der Waals surface area (Å²) in [5, 5.41) is 15.3. The lowest BCUT2D eigenvalue weighted by Gasteiger charge is -2.11. The smallest absolute Gasteiger partial charge is 0.291 e. The molecular weight excluding hydrogens is 399 g/mol. The molecule has 26 heavy (non-hydrogen) atoms. The topological polar surface area (TPSA) is 77.6 Å². The van der Waals surface area contributed by atoms with Gasteiger partial charge in [0.05, 0.1) is 27.6 Å². The minimum Gasteiger partial charge on any atom is -0.384 e. The first kappa shape index (κ1) is 18.7. The van der Waals surface area contributed by atoms with Crippen molar-refractivity contribution >= 4 is 40.5 Å². The van der Waals surface area contributed by atoms with Gasteiger partial charge < -0.3 is 9.88 Å². The molecule has 3 rings (SSSR count). The Hall–Kier alpha value is -2.09. The lowest BCUT2D eigenvalue weighted by molar-refractivity contribution is 0.619. The number of nitrogens with one attached hydrogen (secondary N) is 1. The van der Waals surface area contributed by atoms with E-state index in [2.05, 4.69) is 20.6 Å². The predicted molar refractivity (Wildman–Crippen MR) is 103 cm³/mol. The fourth-order valence-electron chi connectivity index (χ4n) is 2.36. The second-order valence-corrected chi connectivity index (χ2v) is 6.71. The summed E-state index contributed by atoms with van der Waals surface area (Å²) in [7, 11) is 0. The molecule has 0 bridgehead atoms. The third-order valence-electron chi connectivity index (χ3n) is 3.70. The van der Waals surface area contributed by atoms with Crippen LogP contribution in [0.3, 0.4) is 0 Å². The minimum atomic E-state index is -0.495.